The Hall–Kier alpha value is -0.770. The fourth-order valence-electron chi connectivity index (χ4n) is 1.34. The van der Waals surface area contributed by atoms with Crippen LogP contribution in [0.15, 0.2) is 36.9 Å². The van der Waals surface area contributed by atoms with Gasteiger partial charge >= 0.3 is 0 Å². The molecule has 1 aromatic heterocycles. The van der Waals surface area contributed by atoms with E-state index in [-0.39, 0.29) is 17.3 Å². The molecule has 0 aliphatic heterocycles. The quantitative estimate of drug-likeness (QED) is 0.836. The van der Waals surface area contributed by atoms with Crippen LogP contribution in [0.1, 0.15) is 11.4 Å². The van der Waals surface area contributed by atoms with Gasteiger partial charge in [-0.05, 0) is 40.5 Å². The van der Waals surface area contributed by atoms with Crippen molar-refractivity contribution in [2.75, 3.05) is 0 Å². The highest BCUT2D eigenvalue weighted by atomic mass is 79.9. The SMILES string of the molecule is Cc1cc(Br)c(S(=O)(=O)NCc2ncon2)cc1Br. The molecule has 19 heavy (non-hydrogen) atoms. The third-order valence-electron chi connectivity index (χ3n) is 2.33. The van der Waals surface area contributed by atoms with Gasteiger partial charge in [0.2, 0.25) is 16.4 Å². The molecule has 2 aromatic rings. The van der Waals surface area contributed by atoms with Crippen LogP contribution in [-0.2, 0) is 16.6 Å². The molecule has 0 aliphatic rings. The maximum atomic E-state index is 12.2. The number of rotatable bonds is 4. The molecular weight excluding hydrogens is 402 g/mol. The van der Waals surface area contributed by atoms with Gasteiger partial charge in [-0.3, -0.25) is 0 Å². The lowest BCUT2D eigenvalue weighted by atomic mass is 10.2. The number of halogens is 2. The van der Waals surface area contributed by atoms with Crippen LogP contribution in [0.5, 0.6) is 0 Å². The second kappa shape index (κ2) is 5.70. The molecule has 0 saturated heterocycles. The fraction of sp³-hybridized carbons (Fsp3) is 0.200. The molecular formula is C10H9Br2N3O3S. The van der Waals surface area contributed by atoms with Crippen molar-refractivity contribution in [3.8, 4) is 0 Å². The molecule has 0 atom stereocenters. The van der Waals surface area contributed by atoms with Crippen LogP contribution >= 0.6 is 31.9 Å². The first-order chi connectivity index (χ1) is 8.90. The van der Waals surface area contributed by atoms with E-state index in [1.807, 2.05) is 6.92 Å². The van der Waals surface area contributed by atoms with Crippen molar-refractivity contribution >= 4 is 41.9 Å². The summed E-state index contributed by atoms with van der Waals surface area (Å²) in [5.41, 5.74) is 0.934. The first kappa shape index (κ1) is 14.6. The molecule has 0 fully saturated rings. The summed E-state index contributed by atoms with van der Waals surface area (Å²) in [6.07, 6.45) is 1.14. The van der Waals surface area contributed by atoms with E-state index in [2.05, 4.69) is 51.2 Å². The molecule has 0 bridgehead atoms. The lowest BCUT2D eigenvalue weighted by Gasteiger charge is -2.09. The minimum Gasteiger partial charge on any atom is -0.343 e. The van der Waals surface area contributed by atoms with Crippen molar-refractivity contribution in [1.29, 1.82) is 0 Å². The lowest BCUT2D eigenvalue weighted by molar-refractivity contribution is 0.409. The standard InChI is InChI=1S/C10H9Br2N3O3S/c1-6-2-8(12)9(3-7(6)11)19(16,17)14-4-10-13-5-18-15-10/h2-3,5,14H,4H2,1H3. The minimum absolute atomic E-state index is 0.0310. The van der Waals surface area contributed by atoms with E-state index in [0.29, 0.717) is 4.47 Å². The van der Waals surface area contributed by atoms with Crippen LogP contribution < -0.4 is 4.72 Å². The summed E-state index contributed by atoms with van der Waals surface area (Å²) in [6.45, 7) is 1.84. The molecule has 0 radical (unpaired) electrons. The Labute approximate surface area is 126 Å². The molecule has 0 unspecified atom stereocenters. The van der Waals surface area contributed by atoms with Gasteiger partial charge in [0, 0.05) is 8.95 Å². The summed E-state index contributed by atoms with van der Waals surface area (Å²) < 4.78 is 32.5. The maximum Gasteiger partial charge on any atom is 0.242 e. The molecule has 0 saturated carbocycles. The van der Waals surface area contributed by atoms with Crippen LogP contribution in [0.2, 0.25) is 0 Å². The summed E-state index contributed by atoms with van der Waals surface area (Å²) in [4.78, 5) is 3.89. The number of nitrogens with one attached hydrogen (secondary N) is 1. The van der Waals surface area contributed by atoms with E-state index in [1.165, 1.54) is 6.07 Å². The Balaban J connectivity index is 2.27. The van der Waals surface area contributed by atoms with Crippen LogP contribution in [0.3, 0.4) is 0 Å². The first-order valence-corrected chi connectivity index (χ1v) is 8.17. The van der Waals surface area contributed by atoms with E-state index in [1.54, 1.807) is 6.07 Å². The van der Waals surface area contributed by atoms with Gasteiger partial charge in [-0.15, -0.1) is 0 Å². The van der Waals surface area contributed by atoms with E-state index < -0.39 is 10.0 Å². The molecule has 0 amide bonds. The zero-order valence-electron chi connectivity index (χ0n) is 9.72. The number of aromatic nitrogens is 2. The van der Waals surface area contributed by atoms with E-state index in [4.69, 9.17) is 0 Å². The van der Waals surface area contributed by atoms with Gasteiger partial charge < -0.3 is 4.52 Å². The zero-order chi connectivity index (χ0) is 14.0. The third kappa shape index (κ3) is 3.41. The predicted molar refractivity (Wildman–Crippen MR) is 74.9 cm³/mol. The number of sulfonamides is 1. The molecule has 2 rings (SSSR count). The molecule has 0 aliphatic carbocycles. The highest BCUT2D eigenvalue weighted by molar-refractivity contribution is 9.11. The highest BCUT2D eigenvalue weighted by Gasteiger charge is 2.19. The van der Waals surface area contributed by atoms with Crippen LogP contribution in [0.4, 0.5) is 0 Å². The Kier molecular flexibility index (Phi) is 4.39. The van der Waals surface area contributed by atoms with E-state index >= 15 is 0 Å². The number of benzene rings is 1. The van der Waals surface area contributed by atoms with Gasteiger partial charge in [0.15, 0.2) is 5.82 Å². The average molecular weight is 411 g/mol. The van der Waals surface area contributed by atoms with Crippen molar-refractivity contribution < 1.29 is 12.9 Å². The highest BCUT2D eigenvalue weighted by Crippen LogP contribution is 2.28. The average Bonchev–Trinajstić information content (AvgIpc) is 2.84. The zero-order valence-corrected chi connectivity index (χ0v) is 13.7. The van der Waals surface area contributed by atoms with E-state index in [0.717, 1.165) is 16.4 Å². The molecule has 1 aromatic carbocycles. The Morgan fingerprint density at radius 3 is 2.68 bits per heavy atom. The van der Waals surface area contributed by atoms with Gasteiger partial charge in [0.1, 0.15) is 0 Å². The van der Waals surface area contributed by atoms with Gasteiger partial charge in [-0.1, -0.05) is 21.1 Å². The van der Waals surface area contributed by atoms with Crippen molar-refractivity contribution in [3.05, 3.63) is 38.9 Å². The minimum atomic E-state index is -3.65. The number of aryl methyl sites for hydroxylation is 1. The summed E-state index contributed by atoms with van der Waals surface area (Å²) >= 11 is 6.56. The lowest BCUT2D eigenvalue weighted by Crippen LogP contribution is -2.24. The van der Waals surface area contributed by atoms with Gasteiger partial charge in [-0.2, -0.15) is 4.98 Å². The second-order valence-corrected chi connectivity index (χ2v) is 7.15. The van der Waals surface area contributed by atoms with Crippen LogP contribution in [0.25, 0.3) is 0 Å². The summed E-state index contributed by atoms with van der Waals surface area (Å²) in [6, 6.07) is 3.27. The fourth-order valence-corrected chi connectivity index (χ4v) is 4.00. The predicted octanol–water partition coefficient (Wildman–Crippen LogP) is 2.38. The molecule has 1 heterocycles. The smallest absolute Gasteiger partial charge is 0.242 e. The number of hydrogen-bond donors (Lipinski definition) is 1. The monoisotopic (exact) mass is 409 g/mol. The van der Waals surface area contributed by atoms with Gasteiger partial charge in [0.25, 0.3) is 0 Å². The van der Waals surface area contributed by atoms with E-state index in [9.17, 15) is 8.42 Å². The largest absolute Gasteiger partial charge is 0.343 e. The Bertz CT molecular complexity index is 686. The van der Waals surface area contributed by atoms with Crippen LogP contribution in [0, 0.1) is 6.92 Å². The Morgan fingerprint density at radius 2 is 2.05 bits per heavy atom. The molecule has 102 valence electrons. The van der Waals surface area contributed by atoms with Crippen molar-refractivity contribution in [3.63, 3.8) is 0 Å². The summed E-state index contributed by atoms with van der Waals surface area (Å²) in [7, 11) is -3.65. The molecule has 1 N–H and O–H groups in total. The third-order valence-corrected chi connectivity index (χ3v) is 5.54. The van der Waals surface area contributed by atoms with Crippen molar-refractivity contribution in [2.24, 2.45) is 0 Å². The number of nitrogens with zero attached hydrogens (tertiary/aromatic N) is 2. The topological polar surface area (TPSA) is 85.1 Å². The molecule has 9 heteroatoms. The van der Waals surface area contributed by atoms with Gasteiger partial charge in [0.05, 0.1) is 11.4 Å². The molecule has 6 nitrogen and oxygen atoms in total. The number of hydrogen-bond acceptors (Lipinski definition) is 5. The first-order valence-electron chi connectivity index (χ1n) is 5.11. The maximum absolute atomic E-state index is 12.2. The summed E-state index contributed by atoms with van der Waals surface area (Å²) in [5.74, 6) is 0.269. The summed E-state index contributed by atoms with van der Waals surface area (Å²) in [5, 5.41) is 3.53. The van der Waals surface area contributed by atoms with Crippen molar-refractivity contribution in [1.82, 2.24) is 14.9 Å². The molecule has 0 spiro atoms. The Morgan fingerprint density at radius 1 is 1.32 bits per heavy atom. The van der Waals surface area contributed by atoms with Gasteiger partial charge in [-0.25, -0.2) is 13.1 Å². The van der Waals surface area contributed by atoms with Crippen molar-refractivity contribution in [2.45, 2.75) is 18.4 Å². The van der Waals surface area contributed by atoms with Crippen LogP contribution in [-0.4, -0.2) is 18.6 Å². The normalized spacial score (nSPS) is 11.7. The second-order valence-electron chi connectivity index (χ2n) is 3.70.